The molecule has 3 rings (SSSR count). The largest absolute Gasteiger partial charge is 0.455 e. The SMILES string of the molecule is Cc1ccc(CNC(=O)COC(=O)C2CCN(S(=O)(=O)c3cccnc3)CC2)cc1F. The van der Waals surface area contributed by atoms with Crippen molar-refractivity contribution < 1.29 is 27.1 Å². The molecule has 0 atom stereocenters. The summed E-state index contributed by atoms with van der Waals surface area (Å²) in [4.78, 5) is 28.1. The van der Waals surface area contributed by atoms with Crippen LogP contribution in [0.4, 0.5) is 4.39 Å². The van der Waals surface area contributed by atoms with Gasteiger partial charge in [-0.1, -0.05) is 12.1 Å². The van der Waals surface area contributed by atoms with Crippen molar-refractivity contribution in [2.75, 3.05) is 19.7 Å². The maximum atomic E-state index is 13.5. The van der Waals surface area contributed by atoms with Crippen molar-refractivity contribution in [1.29, 1.82) is 0 Å². The minimum absolute atomic E-state index is 0.112. The van der Waals surface area contributed by atoms with Crippen LogP contribution in [-0.4, -0.2) is 49.3 Å². The van der Waals surface area contributed by atoms with Gasteiger partial charge in [0.25, 0.3) is 5.91 Å². The van der Waals surface area contributed by atoms with Crippen LogP contribution in [-0.2, 0) is 30.9 Å². The first-order valence-electron chi connectivity index (χ1n) is 9.86. The Bertz CT molecular complexity index is 1040. The number of rotatable bonds is 7. The van der Waals surface area contributed by atoms with Crippen LogP contribution in [0.3, 0.4) is 0 Å². The van der Waals surface area contributed by atoms with E-state index in [1.807, 2.05) is 0 Å². The van der Waals surface area contributed by atoms with E-state index in [1.165, 1.54) is 28.8 Å². The zero-order valence-electron chi connectivity index (χ0n) is 17.1. The normalized spacial score (nSPS) is 15.4. The molecule has 2 heterocycles. The molecule has 10 heteroatoms. The predicted octanol–water partition coefficient (Wildman–Crippen LogP) is 1.79. The Hall–Kier alpha value is -2.85. The molecule has 1 aromatic carbocycles. The molecule has 8 nitrogen and oxygen atoms in total. The Morgan fingerprint density at radius 3 is 2.65 bits per heavy atom. The van der Waals surface area contributed by atoms with Crippen LogP contribution in [0, 0.1) is 18.7 Å². The summed E-state index contributed by atoms with van der Waals surface area (Å²) in [6.45, 7) is 1.69. The maximum Gasteiger partial charge on any atom is 0.309 e. The molecule has 0 saturated carbocycles. The zero-order chi connectivity index (χ0) is 22.4. The number of aryl methyl sites for hydroxylation is 1. The van der Waals surface area contributed by atoms with Gasteiger partial charge in [-0.3, -0.25) is 14.6 Å². The lowest BCUT2D eigenvalue weighted by molar-refractivity contribution is -0.153. The fourth-order valence-corrected chi connectivity index (χ4v) is 4.67. The lowest BCUT2D eigenvalue weighted by Gasteiger charge is -2.29. The molecule has 0 unspecified atom stereocenters. The lowest BCUT2D eigenvalue weighted by Crippen LogP contribution is -2.41. The first-order valence-corrected chi connectivity index (χ1v) is 11.3. The second kappa shape index (κ2) is 9.97. The molecule has 0 radical (unpaired) electrons. The van der Waals surface area contributed by atoms with Gasteiger partial charge in [-0.05, 0) is 49.1 Å². The van der Waals surface area contributed by atoms with E-state index >= 15 is 0 Å². The second-order valence-corrected chi connectivity index (χ2v) is 9.27. The third kappa shape index (κ3) is 5.86. The summed E-state index contributed by atoms with van der Waals surface area (Å²) in [5.41, 5.74) is 1.12. The topological polar surface area (TPSA) is 106 Å². The van der Waals surface area contributed by atoms with Crippen molar-refractivity contribution in [3.63, 3.8) is 0 Å². The van der Waals surface area contributed by atoms with E-state index in [2.05, 4.69) is 10.3 Å². The number of pyridine rings is 1. The number of ether oxygens (including phenoxy) is 1. The highest BCUT2D eigenvalue weighted by Gasteiger charge is 2.33. The maximum absolute atomic E-state index is 13.5. The molecule has 1 fully saturated rings. The predicted molar refractivity (Wildman–Crippen MR) is 110 cm³/mol. The Kier molecular flexibility index (Phi) is 7.34. The molecule has 1 aromatic heterocycles. The van der Waals surface area contributed by atoms with E-state index < -0.39 is 34.4 Å². The minimum atomic E-state index is -3.65. The fraction of sp³-hybridized carbons (Fsp3) is 0.381. The molecular formula is C21H24FN3O5S. The van der Waals surface area contributed by atoms with Crippen LogP contribution in [0.2, 0.25) is 0 Å². The lowest BCUT2D eigenvalue weighted by atomic mass is 9.98. The van der Waals surface area contributed by atoms with Crippen molar-refractivity contribution in [2.24, 2.45) is 5.92 Å². The molecular weight excluding hydrogens is 425 g/mol. The van der Waals surface area contributed by atoms with Gasteiger partial charge in [0.05, 0.1) is 5.92 Å². The van der Waals surface area contributed by atoms with Crippen LogP contribution in [0.25, 0.3) is 0 Å². The van der Waals surface area contributed by atoms with Crippen molar-refractivity contribution in [1.82, 2.24) is 14.6 Å². The van der Waals surface area contributed by atoms with Crippen LogP contribution in [0.1, 0.15) is 24.0 Å². The monoisotopic (exact) mass is 449 g/mol. The molecule has 1 amide bonds. The number of carbonyl (C=O) groups excluding carboxylic acids is 2. The molecule has 166 valence electrons. The van der Waals surface area contributed by atoms with Gasteiger partial charge >= 0.3 is 5.97 Å². The Morgan fingerprint density at radius 1 is 1.26 bits per heavy atom. The van der Waals surface area contributed by atoms with Crippen LogP contribution >= 0.6 is 0 Å². The minimum Gasteiger partial charge on any atom is -0.455 e. The van der Waals surface area contributed by atoms with Crippen LogP contribution in [0.15, 0.2) is 47.6 Å². The number of benzene rings is 1. The van der Waals surface area contributed by atoms with Crippen molar-refractivity contribution >= 4 is 21.9 Å². The van der Waals surface area contributed by atoms with Gasteiger partial charge in [-0.25, -0.2) is 12.8 Å². The third-order valence-corrected chi connectivity index (χ3v) is 7.01. The van der Waals surface area contributed by atoms with Crippen molar-refractivity contribution in [2.45, 2.75) is 31.2 Å². The van der Waals surface area contributed by atoms with Gasteiger partial charge in [0, 0.05) is 32.0 Å². The Labute approximate surface area is 180 Å². The number of sulfonamides is 1. The molecule has 31 heavy (non-hydrogen) atoms. The number of amides is 1. The summed E-state index contributed by atoms with van der Waals surface area (Å²) < 4.78 is 45.1. The summed E-state index contributed by atoms with van der Waals surface area (Å²) in [6, 6.07) is 7.70. The highest BCUT2D eigenvalue weighted by atomic mass is 32.2. The summed E-state index contributed by atoms with van der Waals surface area (Å²) in [7, 11) is -3.65. The highest BCUT2D eigenvalue weighted by molar-refractivity contribution is 7.89. The number of nitrogens with zero attached hydrogens (tertiary/aromatic N) is 2. The third-order valence-electron chi connectivity index (χ3n) is 5.13. The number of hydrogen-bond donors (Lipinski definition) is 1. The van der Waals surface area contributed by atoms with Gasteiger partial charge in [0.1, 0.15) is 10.7 Å². The number of aromatic nitrogens is 1. The number of piperidine rings is 1. The van der Waals surface area contributed by atoms with E-state index in [4.69, 9.17) is 4.74 Å². The van der Waals surface area contributed by atoms with Gasteiger partial charge < -0.3 is 10.1 Å². The summed E-state index contributed by atoms with van der Waals surface area (Å²) in [5.74, 6) is -1.85. The quantitative estimate of drug-likeness (QED) is 0.646. The fourth-order valence-electron chi connectivity index (χ4n) is 3.23. The number of nitrogens with one attached hydrogen (secondary N) is 1. The first-order chi connectivity index (χ1) is 14.8. The highest BCUT2D eigenvalue weighted by Crippen LogP contribution is 2.24. The summed E-state index contributed by atoms with van der Waals surface area (Å²) in [6.07, 6.45) is 3.40. The molecule has 0 aliphatic carbocycles. The molecule has 1 saturated heterocycles. The molecule has 0 bridgehead atoms. The Balaban J connectivity index is 1.42. The van der Waals surface area contributed by atoms with E-state index in [0.717, 1.165) is 0 Å². The zero-order valence-corrected chi connectivity index (χ0v) is 17.9. The molecule has 1 aliphatic rings. The van der Waals surface area contributed by atoms with Crippen LogP contribution in [0.5, 0.6) is 0 Å². The second-order valence-electron chi connectivity index (χ2n) is 7.34. The summed E-state index contributed by atoms with van der Waals surface area (Å²) >= 11 is 0. The van der Waals surface area contributed by atoms with Gasteiger partial charge in [0.15, 0.2) is 6.61 Å². The molecule has 2 aromatic rings. The number of carbonyl (C=O) groups is 2. The van der Waals surface area contributed by atoms with E-state index in [-0.39, 0.29) is 30.3 Å². The number of esters is 1. The summed E-state index contributed by atoms with van der Waals surface area (Å²) in [5, 5.41) is 2.57. The molecule has 1 N–H and O–H groups in total. The van der Waals surface area contributed by atoms with Crippen molar-refractivity contribution in [3.05, 3.63) is 59.7 Å². The smallest absolute Gasteiger partial charge is 0.309 e. The molecule has 1 aliphatic heterocycles. The number of halogens is 1. The Morgan fingerprint density at radius 2 is 2.00 bits per heavy atom. The molecule has 0 spiro atoms. The van der Waals surface area contributed by atoms with E-state index in [9.17, 15) is 22.4 Å². The van der Waals surface area contributed by atoms with Gasteiger partial charge in [-0.15, -0.1) is 0 Å². The average Bonchev–Trinajstić information content (AvgIpc) is 2.79. The first kappa shape index (κ1) is 22.8. The van der Waals surface area contributed by atoms with E-state index in [0.29, 0.717) is 24.0 Å². The van der Waals surface area contributed by atoms with E-state index in [1.54, 1.807) is 25.1 Å². The standard InChI is InChI=1S/C21H24FN3O5S/c1-15-4-5-16(11-19(15)22)12-24-20(26)14-30-21(27)17-6-9-25(10-7-17)31(28,29)18-3-2-8-23-13-18/h2-5,8,11,13,17H,6-7,9-10,12,14H2,1H3,(H,24,26). The number of hydrogen-bond acceptors (Lipinski definition) is 6. The van der Waals surface area contributed by atoms with Crippen molar-refractivity contribution in [3.8, 4) is 0 Å². The van der Waals surface area contributed by atoms with Gasteiger partial charge in [-0.2, -0.15) is 4.31 Å². The van der Waals surface area contributed by atoms with Gasteiger partial charge in [0.2, 0.25) is 10.0 Å². The average molecular weight is 450 g/mol. The van der Waals surface area contributed by atoms with Crippen LogP contribution < -0.4 is 5.32 Å².